The molecule has 0 saturated carbocycles. The van der Waals surface area contributed by atoms with Crippen molar-refractivity contribution in [1.82, 2.24) is 9.78 Å². The van der Waals surface area contributed by atoms with Gasteiger partial charge in [0.15, 0.2) is 0 Å². The quantitative estimate of drug-likeness (QED) is 0.824. The van der Waals surface area contributed by atoms with Crippen LogP contribution in [0.15, 0.2) is 28.5 Å². The molecule has 0 aliphatic rings. The first-order valence-corrected chi connectivity index (χ1v) is 8.48. The lowest BCUT2D eigenvalue weighted by molar-refractivity contribution is 0.543. The van der Waals surface area contributed by atoms with Gasteiger partial charge in [-0.2, -0.15) is 5.10 Å². The molecule has 0 bridgehead atoms. The third kappa shape index (κ3) is 3.86. The van der Waals surface area contributed by atoms with E-state index in [-0.39, 0.29) is 16.6 Å². The van der Waals surface area contributed by atoms with E-state index in [0.29, 0.717) is 12.2 Å². The zero-order chi connectivity index (χ0) is 15.2. The van der Waals surface area contributed by atoms with Crippen molar-refractivity contribution in [1.29, 1.82) is 0 Å². The van der Waals surface area contributed by atoms with E-state index in [4.69, 9.17) is 11.6 Å². The lowest BCUT2D eigenvalue weighted by Gasteiger charge is -2.18. The first-order chi connectivity index (χ1) is 10.2. The second-order valence-electron chi connectivity index (χ2n) is 4.87. The van der Waals surface area contributed by atoms with E-state index >= 15 is 0 Å². The number of aryl methyl sites for hydroxylation is 1. The fraction of sp³-hybridized carbons (Fsp3) is 0.467. The summed E-state index contributed by atoms with van der Waals surface area (Å²) in [6, 6.07) is 4.25. The number of anilines is 1. The number of unbranched alkanes of at least 4 members (excludes halogenated alkanes) is 1. The first-order valence-electron chi connectivity index (χ1n) is 7.22. The van der Waals surface area contributed by atoms with Gasteiger partial charge in [-0.15, -0.1) is 11.3 Å². The van der Waals surface area contributed by atoms with E-state index in [1.807, 2.05) is 11.4 Å². The summed E-state index contributed by atoms with van der Waals surface area (Å²) in [5.41, 5.74) is 0.380. The minimum absolute atomic E-state index is 0.148. The van der Waals surface area contributed by atoms with Crippen LogP contribution in [0.4, 0.5) is 5.69 Å². The maximum atomic E-state index is 12.2. The average Bonchev–Trinajstić information content (AvgIpc) is 3.02. The second kappa shape index (κ2) is 7.61. The Hall–Kier alpha value is -1.33. The number of thiophene rings is 1. The maximum Gasteiger partial charge on any atom is 0.287 e. The Bertz CT molecular complexity index is 624. The van der Waals surface area contributed by atoms with Gasteiger partial charge in [0, 0.05) is 11.4 Å². The van der Waals surface area contributed by atoms with Crippen LogP contribution in [0, 0.1) is 0 Å². The number of nitrogens with one attached hydrogen (secondary N) is 1. The van der Waals surface area contributed by atoms with Gasteiger partial charge in [0.1, 0.15) is 5.02 Å². The Balaban J connectivity index is 2.20. The molecule has 0 aliphatic carbocycles. The fourth-order valence-electron chi connectivity index (χ4n) is 2.08. The third-order valence-corrected chi connectivity index (χ3v) is 4.68. The molecule has 114 valence electrons. The Morgan fingerprint density at radius 1 is 1.48 bits per heavy atom. The van der Waals surface area contributed by atoms with E-state index in [9.17, 15) is 4.79 Å². The summed E-state index contributed by atoms with van der Waals surface area (Å²) >= 11 is 7.90. The molecule has 0 amide bonds. The molecule has 6 heteroatoms. The van der Waals surface area contributed by atoms with Crippen LogP contribution in [-0.2, 0) is 6.54 Å². The highest BCUT2D eigenvalue weighted by atomic mass is 35.5. The van der Waals surface area contributed by atoms with Crippen molar-refractivity contribution < 1.29 is 0 Å². The van der Waals surface area contributed by atoms with Crippen LogP contribution < -0.4 is 10.9 Å². The van der Waals surface area contributed by atoms with Crippen LogP contribution in [-0.4, -0.2) is 9.78 Å². The van der Waals surface area contributed by atoms with Crippen LogP contribution in [0.25, 0.3) is 0 Å². The van der Waals surface area contributed by atoms with Crippen molar-refractivity contribution in [2.45, 2.75) is 45.7 Å². The normalized spacial score (nSPS) is 12.3. The predicted molar refractivity (Wildman–Crippen MR) is 89.4 cm³/mol. The van der Waals surface area contributed by atoms with E-state index < -0.39 is 0 Å². The van der Waals surface area contributed by atoms with Crippen LogP contribution in [0.1, 0.15) is 44.0 Å². The fourth-order valence-corrected chi connectivity index (χ4v) is 3.15. The molecule has 1 N–H and O–H groups in total. The lowest BCUT2D eigenvalue weighted by Crippen LogP contribution is -2.25. The number of aromatic nitrogens is 2. The van der Waals surface area contributed by atoms with Crippen molar-refractivity contribution in [3.63, 3.8) is 0 Å². The van der Waals surface area contributed by atoms with Crippen LogP contribution in [0.3, 0.4) is 0 Å². The van der Waals surface area contributed by atoms with Gasteiger partial charge in [0.25, 0.3) is 5.56 Å². The van der Waals surface area contributed by atoms with Gasteiger partial charge < -0.3 is 5.32 Å². The number of hydrogen-bond donors (Lipinski definition) is 1. The standard InChI is InChI=1S/C15H20ClN3OS/c1-3-5-8-19-15(20)14(16)12(10-17-19)18-11(4-2)13-7-6-9-21-13/h6-7,9-11,18H,3-5,8H2,1-2H3. The van der Waals surface area contributed by atoms with Crippen molar-refractivity contribution in [2.24, 2.45) is 0 Å². The van der Waals surface area contributed by atoms with Crippen LogP contribution in [0.2, 0.25) is 5.02 Å². The number of hydrogen-bond acceptors (Lipinski definition) is 4. The zero-order valence-electron chi connectivity index (χ0n) is 12.3. The SMILES string of the molecule is CCCCn1ncc(NC(CC)c2cccs2)c(Cl)c1=O. The summed E-state index contributed by atoms with van der Waals surface area (Å²) in [5, 5.41) is 9.79. The molecule has 0 aromatic carbocycles. The lowest BCUT2D eigenvalue weighted by atomic mass is 10.2. The Morgan fingerprint density at radius 2 is 2.29 bits per heavy atom. The summed E-state index contributed by atoms with van der Waals surface area (Å²) in [6.07, 6.45) is 4.50. The van der Waals surface area contributed by atoms with Crippen molar-refractivity contribution in [2.75, 3.05) is 5.32 Å². The Labute approximate surface area is 133 Å². The van der Waals surface area contributed by atoms with Gasteiger partial charge in [-0.25, -0.2) is 4.68 Å². The Kier molecular flexibility index (Phi) is 5.82. The van der Waals surface area contributed by atoms with Gasteiger partial charge in [-0.1, -0.05) is 37.9 Å². The van der Waals surface area contributed by atoms with Crippen LogP contribution >= 0.6 is 22.9 Å². The molecule has 2 aromatic heterocycles. The van der Waals surface area contributed by atoms with Gasteiger partial charge in [0.05, 0.1) is 17.9 Å². The molecule has 1 unspecified atom stereocenters. The van der Waals surface area contributed by atoms with Gasteiger partial charge in [-0.05, 0) is 24.3 Å². The maximum absolute atomic E-state index is 12.2. The van der Waals surface area contributed by atoms with E-state index in [0.717, 1.165) is 19.3 Å². The van der Waals surface area contributed by atoms with E-state index in [1.165, 1.54) is 9.56 Å². The molecule has 0 aliphatic heterocycles. The van der Waals surface area contributed by atoms with Gasteiger partial charge in [0.2, 0.25) is 0 Å². The summed E-state index contributed by atoms with van der Waals surface area (Å²) < 4.78 is 1.43. The minimum Gasteiger partial charge on any atom is -0.375 e. The molecule has 4 nitrogen and oxygen atoms in total. The largest absolute Gasteiger partial charge is 0.375 e. The number of nitrogens with zero attached hydrogens (tertiary/aromatic N) is 2. The highest BCUT2D eigenvalue weighted by molar-refractivity contribution is 7.10. The molecule has 2 heterocycles. The molecule has 2 rings (SSSR count). The van der Waals surface area contributed by atoms with E-state index in [2.05, 4.69) is 30.3 Å². The Morgan fingerprint density at radius 3 is 2.90 bits per heavy atom. The summed E-state index contributed by atoms with van der Waals surface area (Å²) in [7, 11) is 0. The molecule has 0 spiro atoms. The van der Waals surface area contributed by atoms with Gasteiger partial charge >= 0.3 is 0 Å². The summed E-state index contributed by atoms with van der Waals surface area (Å²) in [6.45, 7) is 4.79. The number of rotatable bonds is 7. The zero-order valence-corrected chi connectivity index (χ0v) is 13.9. The third-order valence-electron chi connectivity index (χ3n) is 3.33. The van der Waals surface area contributed by atoms with Crippen LogP contribution in [0.5, 0.6) is 0 Å². The van der Waals surface area contributed by atoms with Crippen molar-refractivity contribution >= 4 is 28.6 Å². The summed E-state index contributed by atoms with van der Waals surface area (Å²) in [5.74, 6) is 0. The van der Waals surface area contributed by atoms with E-state index in [1.54, 1.807) is 17.5 Å². The molecular weight excluding hydrogens is 306 g/mol. The molecular formula is C15H20ClN3OS. The molecule has 1 atom stereocenters. The second-order valence-corrected chi connectivity index (χ2v) is 6.23. The van der Waals surface area contributed by atoms with Gasteiger partial charge in [-0.3, -0.25) is 4.79 Å². The molecule has 0 radical (unpaired) electrons. The van der Waals surface area contributed by atoms with Crippen molar-refractivity contribution in [3.8, 4) is 0 Å². The highest BCUT2D eigenvalue weighted by Gasteiger charge is 2.15. The molecule has 0 saturated heterocycles. The average molecular weight is 326 g/mol. The molecule has 21 heavy (non-hydrogen) atoms. The smallest absolute Gasteiger partial charge is 0.287 e. The molecule has 2 aromatic rings. The highest BCUT2D eigenvalue weighted by Crippen LogP contribution is 2.28. The summed E-state index contributed by atoms with van der Waals surface area (Å²) in [4.78, 5) is 13.4. The monoisotopic (exact) mass is 325 g/mol. The molecule has 0 fully saturated rings. The van der Waals surface area contributed by atoms with Crippen molar-refractivity contribution in [3.05, 3.63) is 44.0 Å². The predicted octanol–water partition coefficient (Wildman–Crippen LogP) is 4.32. The first kappa shape index (κ1) is 16.0. The minimum atomic E-state index is -0.226. The topological polar surface area (TPSA) is 46.9 Å². The number of halogens is 1.